The normalized spacial score (nSPS) is 35.4. The number of hydrogen-bond acceptors (Lipinski definition) is 2. The quantitative estimate of drug-likeness (QED) is 0.616. The molecule has 3 heteroatoms. The lowest BCUT2D eigenvalue weighted by Gasteiger charge is -2.26. The smallest absolute Gasteiger partial charge is 0.410 e. The third-order valence-corrected chi connectivity index (χ3v) is 3.88. The first-order chi connectivity index (χ1) is 6.93. The molecule has 1 unspecified atom stereocenters. The van der Waals surface area contributed by atoms with E-state index in [1.807, 2.05) is 7.05 Å². The topological polar surface area (TPSA) is 29.5 Å². The Morgan fingerprint density at radius 1 is 1.20 bits per heavy atom. The van der Waals surface area contributed by atoms with E-state index in [2.05, 4.69) is 13.8 Å². The molecule has 1 heterocycles. The lowest BCUT2D eigenvalue weighted by molar-refractivity contribution is 0.0419. The first-order valence-corrected chi connectivity index (χ1v) is 5.87. The minimum absolute atomic E-state index is 0.144. The first-order valence-electron chi connectivity index (χ1n) is 5.87. The fourth-order valence-corrected chi connectivity index (χ4v) is 2.76. The van der Waals surface area contributed by atoms with Crippen molar-refractivity contribution in [1.82, 2.24) is 4.90 Å². The van der Waals surface area contributed by atoms with Gasteiger partial charge in [-0.25, -0.2) is 4.79 Å². The zero-order chi connectivity index (χ0) is 11.1. The second kappa shape index (κ2) is 3.39. The lowest BCUT2D eigenvalue weighted by Crippen LogP contribution is -2.33. The second-order valence-corrected chi connectivity index (χ2v) is 5.92. The van der Waals surface area contributed by atoms with Gasteiger partial charge in [0.05, 0.1) is 6.54 Å². The van der Waals surface area contributed by atoms with Crippen molar-refractivity contribution in [2.75, 3.05) is 13.6 Å². The third kappa shape index (κ3) is 2.11. The fourth-order valence-electron chi connectivity index (χ4n) is 2.76. The maximum absolute atomic E-state index is 11.4. The van der Waals surface area contributed by atoms with Gasteiger partial charge in [0.15, 0.2) is 0 Å². The molecular weight excluding hydrogens is 190 g/mol. The van der Waals surface area contributed by atoms with Gasteiger partial charge in [0.25, 0.3) is 0 Å². The fraction of sp³-hybridized carbons (Fsp3) is 0.917. The average Bonchev–Trinajstić information content (AvgIpc) is 2.31. The molecule has 0 aromatic rings. The van der Waals surface area contributed by atoms with Crippen LogP contribution in [0.1, 0.15) is 46.0 Å². The van der Waals surface area contributed by atoms with Crippen LogP contribution in [0.25, 0.3) is 0 Å². The summed E-state index contributed by atoms with van der Waals surface area (Å²) >= 11 is 0. The van der Waals surface area contributed by atoms with E-state index in [9.17, 15) is 4.79 Å². The van der Waals surface area contributed by atoms with E-state index in [1.165, 1.54) is 12.8 Å². The van der Waals surface area contributed by atoms with Crippen LogP contribution in [-0.2, 0) is 4.74 Å². The summed E-state index contributed by atoms with van der Waals surface area (Å²) in [5, 5.41) is 0. The molecule has 2 rings (SSSR count). The largest absolute Gasteiger partial charge is 0.441 e. The maximum atomic E-state index is 11.4. The van der Waals surface area contributed by atoms with Crippen molar-refractivity contribution in [3.63, 3.8) is 0 Å². The van der Waals surface area contributed by atoms with Crippen LogP contribution >= 0.6 is 0 Å². The molecule has 1 saturated carbocycles. The predicted octanol–water partition coefficient (Wildman–Crippen LogP) is 2.80. The Bertz CT molecular complexity index is 275. The van der Waals surface area contributed by atoms with Gasteiger partial charge in [0, 0.05) is 7.05 Å². The summed E-state index contributed by atoms with van der Waals surface area (Å²) in [6.45, 7) is 5.40. The summed E-state index contributed by atoms with van der Waals surface area (Å²) in [7, 11) is 1.83. The van der Waals surface area contributed by atoms with Crippen molar-refractivity contribution in [3.8, 4) is 0 Å². The highest BCUT2D eigenvalue weighted by Crippen LogP contribution is 2.42. The van der Waals surface area contributed by atoms with E-state index in [0.717, 1.165) is 25.8 Å². The van der Waals surface area contributed by atoms with E-state index >= 15 is 0 Å². The number of amides is 1. The Hall–Kier alpha value is -0.730. The van der Waals surface area contributed by atoms with Crippen LogP contribution in [0.15, 0.2) is 0 Å². The van der Waals surface area contributed by atoms with E-state index in [4.69, 9.17) is 4.74 Å². The minimum Gasteiger partial charge on any atom is -0.441 e. The summed E-state index contributed by atoms with van der Waals surface area (Å²) < 4.78 is 5.56. The van der Waals surface area contributed by atoms with Gasteiger partial charge in [-0.1, -0.05) is 13.8 Å². The molecule has 0 radical (unpaired) electrons. The van der Waals surface area contributed by atoms with Crippen LogP contribution in [0, 0.1) is 5.41 Å². The average molecular weight is 211 g/mol. The van der Waals surface area contributed by atoms with E-state index in [0.29, 0.717) is 5.41 Å². The molecule has 1 aliphatic heterocycles. The molecule has 86 valence electrons. The molecule has 15 heavy (non-hydrogen) atoms. The summed E-state index contributed by atoms with van der Waals surface area (Å²) in [5.41, 5.74) is 0.247. The molecule has 1 amide bonds. The maximum Gasteiger partial charge on any atom is 0.410 e. The van der Waals surface area contributed by atoms with Crippen molar-refractivity contribution in [1.29, 1.82) is 0 Å². The van der Waals surface area contributed by atoms with Gasteiger partial charge in [0.1, 0.15) is 5.60 Å². The van der Waals surface area contributed by atoms with Crippen LogP contribution in [0.2, 0.25) is 0 Å². The molecule has 1 saturated heterocycles. The van der Waals surface area contributed by atoms with Gasteiger partial charge in [-0.05, 0) is 37.5 Å². The lowest BCUT2D eigenvalue weighted by atomic mass is 9.84. The van der Waals surface area contributed by atoms with Gasteiger partial charge in [-0.3, -0.25) is 0 Å². The van der Waals surface area contributed by atoms with Crippen LogP contribution in [-0.4, -0.2) is 30.2 Å². The van der Waals surface area contributed by atoms with Crippen LogP contribution in [0.3, 0.4) is 0 Å². The Balaban J connectivity index is 2.08. The van der Waals surface area contributed by atoms with Crippen LogP contribution in [0.4, 0.5) is 4.79 Å². The number of carbonyl (C=O) groups excluding carboxylic acids is 1. The molecule has 0 aromatic carbocycles. The number of likely N-dealkylation sites (N-methyl/N-ethyl adjacent to an activating group) is 1. The molecule has 1 aliphatic carbocycles. The summed E-state index contributed by atoms with van der Waals surface area (Å²) in [6, 6.07) is 0. The molecule has 2 aliphatic rings. The Morgan fingerprint density at radius 2 is 1.93 bits per heavy atom. The van der Waals surface area contributed by atoms with Gasteiger partial charge < -0.3 is 9.64 Å². The highest BCUT2D eigenvalue weighted by molar-refractivity contribution is 5.70. The Morgan fingerprint density at radius 3 is 2.53 bits per heavy atom. The Labute approximate surface area is 91.8 Å². The summed E-state index contributed by atoms with van der Waals surface area (Å²) in [5.74, 6) is 0. The van der Waals surface area contributed by atoms with Gasteiger partial charge in [-0.2, -0.15) is 0 Å². The summed E-state index contributed by atoms with van der Waals surface area (Å²) in [6.07, 6.45) is 5.50. The zero-order valence-corrected chi connectivity index (χ0v) is 10.0. The van der Waals surface area contributed by atoms with Crippen LogP contribution in [0.5, 0.6) is 0 Å². The zero-order valence-electron chi connectivity index (χ0n) is 10.0. The van der Waals surface area contributed by atoms with Gasteiger partial charge in [0.2, 0.25) is 0 Å². The van der Waals surface area contributed by atoms with Crippen molar-refractivity contribution in [2.24, 2.45) is 5.41 Å². The summed E-state index contributed by atoms with van der Waals surface area (Å²) in [4.78, 5) is 13.1. The number of hydrogen-bond donors (Lipinski definition) is 0. The number of ether oxygens (including phenoxy) is 1. The highest BCUT2D eigenvalue weighted by Gasteiger charge is 2.45. The molecule has 0 bridgehead atoms. The van der Waals surface area contributed by atoms with E-state index in [-0.39, 0.29) is 11.7 Å². The SMILES string of the molecule is CN1CC2(CCCC(C)(C)CC2)OC1=O. The Kier molecular flexibility index (Phi) is 2.44. The number of rotatable bonds is 0. The molecule has 1 atom stereocenters. The predicted molar refractivity (Wildman–Crippen MR) is 58.7 cm³/mol. The van der Waals surface area contributed by atoms with Crippen LogP contribution < -0.4 is 0 Å². The molecule has 1 spiro atoms. The third-order valence-electron chi connectivity index (χ3n) is 3.88. The van der Waals surface area contributed by atoms with E-state index in [1.54, 1.807) is 4.90 Å². The number of carbonyl (C=O) groups is 1. The van der Waals surface area contributed by atoms with Crippen molar-refractivity contribution < 1.29 is 9.53 Å². The first kappa shape index (κ1) is 10.8. The molecule has 0 N–H and O–H groups in total. The number of nitrogens with zero attached hydrogens (tertiary/aromatic N) is 1. The van der Waals surface area contributed by atoms with E-state index < -0.39 is 0 Å². The molecule has 2 fully saturated rings. The molecular formula is C12H21NO2. The van der Waals surface area contributed by atoms with Gasteiger partial charge in [-0.15, -0.1) is 0 Å². The van der Waals surface area contributed by atoms with Crippen molar-refractivity contribution >= 4 is 6.09 Å². The minimum atomic E-state index is -0.167. The standard InChI is InChI=1S/C12H21NO2/c1-11(2)5-4-6-12(8-7-11)9-13(3)10(14)15-12/h4-9H2,1-3H3. The van der Waals surface area contributed by atoms with Gasteiger partial charge >= 0.3 is 6.09 Å². The monoisotopic (exact) mass is 211 g/mol. The van der Waals surface area contributed by atoms with Crippen molar-refractivity contribution in [2.45, 2.75) is 51.6 Å². The molecule has 0 aromatic heterocycles. The highest BCUT2D eigenvalue weighted by atomic mass is 16.6. The molecule has 3 nitrogen and oxygen atoms in total. The second-order valence-electron chi connectivity index (χ2n) is 5.92. The van der Waals surface area contributed by atoms with Crippen molar-refractivity contribution in [3.05, 3.63) is 0 Å².